The van der Waals surface area contributed by atoms with Gasteiger partial charge < -0.3 is 14.8 Å². The number of rotatable bonds is 3. The van der Waals surface area contributed by atoms with Gasteiger partial charge in [-0.05, 0) is 43.5 Å². The van der Waals surface area contributed by atoms with Crippen LogP contribution in [0.25, 0.3) is 5.69 Å². The molecule has 29 heavy (non-hydrogen) atoms. The van der Waals surface area contributed by atoms with Crippen LogP contribution in [0.5, 0.6) is 11.5 Å². The van der Waals surface area contributed by atoms with Crippen LogP contribution in [-0.2, 0) is 12.8 Å². The summed E-state index contributed by atoms with van der Waals surface area (Å²) in [5.41, 5.74) is 2.93. The van der Waals surface area contributed by atoms with Gasteiger partial charge in [0.15, 0.2) is 28.8 Å². The van der Waals surface area contributed by atoms with Crippen molar-refractivity contribution in [3.8, 4) is 17.2 Å². The van der Waals surface area contributed by atoms with Gasteiger partial charge in [-0.3, -0.25) is 4.79 Å². The molecule has 8 heteroatoms. The summed E-state index contributed by atoms with van der Waals surface area (Å²) in [4.78, 5) is 12.9. The third-order valence-corrected chi connectivity index (χ3v) is 5.09. The first-order valence-electron chi connectivity index (χ1n) is 9.37. The molecule has 0 bridgehead atoms. The molecule has 0 radical (unpaired) electrons. The maximum absolute atomic E-state index is 13.7. The molecule has 2 aromatic carbocycles. The molecule has 1 aliphatic carbocycles. The molecule has 0 atom stereocenters. The van der Waals surface area contributed by atoms with Gasteiger partial charge in [-0.15, -0.1) is 0 Å². The molecule has 0 spiro atoms. The minimum Gasteiger partial charge on any atom is -0.486 e. The molecule has 0 saturated heterocycles. The second kappa shape index (κ2) is 6.88. The zero-order valence-corrected chi connectivity index (χ0v) is 15.4. The summed E-state index contributed by atoms with van der Waals surface area (Å²) in [6.07, 6.45) is 2.31. The third kappa shape index (κ3) is 3.10. The van der Waals surface area contributed by atoms with E-state index in [1.54, 1.807) is 18.2 Å². The summed E-state index contributed by atoms with van der Waals surface area (Å²) >= 11 is 0. The van der Waals surface area contributed by atoms with E-state index in [0.717, 1.165) is 36.2 Å². The van der Waals surface area contributed by atoms with E-state index in [0.29, 0.717) is 42.5 Å². The number of benzene rings is 2. The maximum atomic E-state index is 13.7. The van der Waals surface area contributed by atoms with Gasteiger partial charge >= 0.3 is 0 Å². The van der Waals surface area contributed by atoms with Gasteiger partial charge in [-0.25, -0.2) is 13.5 Å². The van der Waals surface area contributed by atoms with Gasteiger partial charge in [0.1, 0.15) is 13.2 Å². The minimum absolute atomic E-state index is 0.289. The van der Waals surface area contributed by atoms with Crippen LogP contribution in [0, 0.1) is 11.6 Å². The molecule has 1 N–H and O–H groups in total. The van der Waals surface area contributed by atoms with Gasteiger partial charge in [0.05, 0.1) is 5.69 Å². The number of carbonyl (C=O) groups is 1. The van der Waals surface area contributed by atoms with Crippen LogP contribution in [-0.4, -0.2) is 28.9 Å². The topological polar surface area (TPSA) is 65.4 Å². The number of ether oxygens (including phenoxy) is 2. The molecule has 2 heterocycles. The predicted octanol–water partition coefficient (Wildman–Crippen LogP) is 3.66. The molecule has 3 aromatic rings. The van der Waals surface area contributed by atoms with Crippen molar-refractivity contribution < 1.29 is 23.0 Å². The number of hydrogen-bond acceptors (Lipinski definition) is 4. The SMILES string of the molecule is O=C(Nc1ccc2c(c1)OCCO2)c1nn(-c2ccc(F)c(F)c2)c2c1CCC2. The fourth-order valence-electron chi connectivity index (χ4n) is 3.76. The molecule has 1 aliphatic heterocycles. The number of nitrogens with zero attached hydrogens (tertiary/aromatic N) is 2. The van der Waals surface area contributed by atoms with Crippen molar-refractivity contribution in [1.29, 1.82) is 0 Å². The van der Waals surface area contributed by atoms with Gasteiger partial charge in [-0.2, -0.15) is 5.10 Å². The number of nitrogens with one attached hydrogen (secondary N) is 1. The molecule has 0 saturated carbocycles. The predicted molar refractivity (Wildman–Crippen MR) is 101 cm³/mol. The highest BCUT2D eigenvalue weighted by molar-refractivity contribution is 6.04. The first-order valence-corrected chi connectivity index (χ1v) is 9.37. The Morgan fingerprint density at radius 1 is 1.00 bits per heavy atom. The summed E-state index contributed by atoms with van der Waals surface area (Å²) in [5, 5.41) is 7.25. The minimum atomic E-state index is -0.952. The second-order valence-corrected chi connectivity index (χ2v) is 6.95. The van der Waals surface area contributed by atoms with Gasteiger partial charge in [-0.1, -0.05) is 0 Å². The fraction of sp³-hybridized carbons (Fsp3) is 0.238. The lowest BCUT2D eigenvalue weighted by Crippen LogP contribution is -2.17. The third-order valence-electron chi connectivity index (χ3n) is 5.09. The molecule has 1 amide bonds. The highest BCUT2D eigenvalue weighted by atomic mass is 19.2. The van der Waals surface area contributed by atoms with Crippen LogP contribution >= 0.6 is 0 Å². The number of aromatic nitrogens is 2. The Morgan fingerprint density at radius 2 is 1.83 bits per heavy atom. The van der Waals surface area contributed by atoms with E-state index in [1.165, 1.54) is 10.7 Å². The summed E-state index contributed by atoms with van der Waals surface area (Å²) in [7, 11) is 0. The Labute approximate surface area is 165 Å². The van der Waals surface area contributed by atoms with E-state index in [-0.39, 0.29) is 11.6 Å². The Hall–Kier alpha value is -3.42. The van der Waals surface area contributed by atoms with Crippen molar-refractivity contribution in [1.82, 2.24) is 9.78 Å². The lowest BCUT2D eigenvalue weighted by atomic mass is 10.2. The molecule has 0 unspecified atom stereocenters. The maximum Gasteiger partial charge on any atom is 0.276 e. The van der Waals surface area contributed by atoms with Gasteiger partial charge in [0.25, 0.3) is 5.91 Å². The standard InChI is InChI=1S/C21H17F2N3O3/c22-15-6-5-13(11-16(15)23)26-17-3-1-2-14(17)20(25-26)21(27)24-12-4-7-18-19(10-12)29-9-8-28-18/h4-7,10-11H,1-3,8-9H2,(H,24,27). The first-order chi connectivity index (χ1) is 14.1. The fourth-order valence-corrected chi connectivity index (χ4v) is 3.76. The van der Waals surface area contributed by atoms with E-state index in [9.17, 15) is 13.6 Å². The molecule has 148 valence electrons. The Morgan fingerprint density at radius 3 is 2.66 bits per heavy atom. The van der Waals surface area contributed by atoms with E-state index in [2.05, 4.69) is 10.4 Å². The van der Waals surface area contributed by atoms with Crippen molar-refractivity contribution in [3.63, 3.8) is 0 Å². The highest BCUT2D eigenvalue weighted by Gasteiger charge is 2.27. The van der Waals surface area contributed by atoms with E-state index in [1.807, 2.05) is 0 Å². The summed E-state index contributed by atoms with van der Waals surface area (Å²) in [6, 6.07) is 8.78. The monoisotopic (exact) mass is 397 g/mol. The summed E-state index contributed by atoms with van der Waals surface area (Å²) in [5.74, 6) is -1.02. The van der Waals surface area contributed by atoms with Crippen molar-refractivity contribution in [3.05, 3.63) is 65.0 Å². The van der Waals surface area contributed by atoms with Crippen molar-refractivity contribution in [2.75, 3.05) is 18.5 Å². The molecule has 5 rings (SSSR count). The molecule has 1 aromatic heterocycles. The number of hydrogen-bond donors (Lipinski definition) is 1. The van der Waals surface area contributed by atoms with E-state index < -0.39 is 11.6 Å². The van der Waals surface area contributed by atoms with Crippen LogP contribution in [0.2, 0.25) is 0 Å². The van der Waals surface area contributed by atoms with Crippen LogP contribution in [0.15, 0.2) is 36.4 Å². The summed E-state index contributed by atoms with van der Waals surface area (Å²) in [6.45, 7) is 0.947. The van der Waals surface area contributed by atoms with Gasteiger partial charge in [0, 0.05) is 29.1 Å². The molecule has 0 fully saturated rings. The average Bonchev–Trinajstić information content (AvgIpc) is 3.33. The molecule has 2 aliphatic rings. The van der Waals surface area contributed by atoms with Crippen molar-refractivity contribution >= 4 is 11.6 Å². The molecular weight excluding hydrogens is 380 g/mol. The summed E-state index contributed by atoms with van der Waals surface area (Å²) < 4.78 is 39.6. The first kappa shape index (κ1) is 17.7. The molecular formula is C21H17F2N3O3. The smallest absolute Gasteiger partial charge is 0.276 e. The highest BCUT2D eigenvalue weighted by Crippen LogP contribution is 2.33. The Kier molecular flexibility index (Phi) is 4.19. The van der Waals surface area contributed by atoms with E-state index >= 15 is 0 Å². The normalized spacial score (nSPS) is 14.6. The zero-order valence-electron chi connectivity index (χ0n) is 15.4. The Balaban J connectivity index is 1.47. The second-order valence-electron chi connectivity index (χ2n) is 6.95. The van der Waals surface area contributed by atoms with Crippen molar-refractivity contribution in [2.24, 2.45) is 0 Å². The van der Waals surface area contributed by atoms with Crippen LogP contribution in [0.3, 0.4) is 0 Å². The largest absolute Gasteiger partial charge is 0.486 e. The van der Waals surface area contributed by atoms with E-state index in [4.69, 9.17) is 9.47 Å². The molecule has 6 nitrogen and oxygen atoms in total. The number of amides is 1. The quantitative estimate of drug-likeness (QED) is 0.733. The number of carbonyl (C=O) groups excluding carboxylic acids is 1. The lowest BCUT2D eigenvalue weighted by molar-refractivity contribution is 0.102. The van der Waals surface area contributed by atoms with Crippen LogP contribution < -0.4 is 14.8 Å². The Bertz CT molecular complexity index is 1130. The lowest BCUT2D eigenvalue weighted by Gasteiger charge is -2.18. The zero-order chi connectivity index (χ0) is 20.0. The number of fused-ring (bicyclic) bond motifs is 2. The number of halogens is 2. The number of anilines is 1. The van der Waals surface area contributed by atoms with Gasteiger partial charge in [0.2, 0.25) is 0 Å². The average molecular weight is 397 g/mol. The van der Waals surface area contributed by atoms with Crippen molar-refractivity contribution in [2.45, 2.75) is 19.3 Å². The van der Waals surface area contributed by atoms with Crippen LogP contribution in [0.4, 0.5) is 14.5 Å². The van der Waals surface area contributed by atoms with Crippen LogP contribution in [0.1, 0.15) is 28.2 Å².